The molecule has 1 aromatic rings. The van der Waals surface area contributed by atoms with Crippen LogP contribution in [0, 0.1) is 12.3 Å². The average Bonchev–Trinajstić information content (AvgIpc) is 2.92. The number of aromatic nitrogens is 2. The van der Waals surface area contributed by atoms with Crippen molar-refractivity contribution in [2.45, 2.75) is 52.4 Å². The van der Waals surface area contributed by atoms with Gasteiger partial charge < -0.3 is 5.32 Å². The summed E-state index contributed by atoms with van der Waals surface area (Å²) < 4.78 is 1.97. The van der Waals surface area contributed by atoms with E-state index in [2.05, 4.69) is 17.3 Å². The lowest BCUT2D eigenvalue weighted by atomic mass is 9.81. The first kappa shape index (κ1) is 14.9. The van der Waals surface area contributed by atoms with E-state index in [0.717, 1.165) is 30.2 Å². The van der Waals surface area contributed by atoms with Crippen LogP contribution in [0.1, 0.15) is 50.4 Å². The van der Waals surface area contributed by atoms with Crippen LogP contribution in [0.3, 0.4) is 0 Å². The van der Waals surface area contributed by atoms with Crippen molar-refractivity contribution in [2.75, 3.05) is 13.1 Å². The normalized spacial score (nSPS) is 18.1. The van der Waals surface area contributed by atoms with Gasteiger partial charge in [0, 0.05) is 13.6 Å². The molecular formula is C15H26ClN3. The number of aryl methyl sites for hydroxylation is 2. The Bertz CT molecular complexity index is 419. The van der Waals surface area contributed by atoms with Crippen LogP contribution in [0.4, 0.5) is 0 Å². The number of nitrogens with one attached hydrogen (secondary N) is 1. The molecule has 1 heterocycles. The lowest BCUT2D eigenvalue weighted by molar-refractivity contribution is 0.272. The highest BCUT2D eigenvalue weighted by Gasteiger charge is 2.35. The van der Waals surface area contributed by atoms with Crippen LogP contribution in [0.5, 0.6) is 0 Å². The maximum absolute atomic E-state index is 6.41. The summed E-state index contributed by atoms with van der Waals surface area (Å²) in [5.41, 5.74) is 2.55. The quantitative estimate of drug-likeness (QED) is 0.810. The molecule has 1 aromatic heterocycles. The van der Waals surface area contributed by atoms with Crippen molar-refractivity contribution >= 4 is 11.6 Å². The second-order valence-corrected chi connectivity index (χ2v) is 6.41. The number of halogens is 1. The predicted octanol–water partition coefficient (Wildman–Crippen LogP) is 3.48. The molecule has 0 aromatic carbocycles. The summed E-state index contributed by atoms with van der Waals surface area (Å²) in [5, 5.41) is 8.92. The second kappa shape index (κ2) is 6.27. The van der Waals surface area contributed by atoms with E-state index in [9.17, 15) is 0 Å². The summed E-state index contributed by atoms with van der Waals surface area (Å²) in [5.74, 6) is 0. The van der Waals surface area contributed by atoms with Crippen LogP contribution >= 0.6 is 11.6 Å². The van der Waals surface area contributed by atoms with Gasteiger partial charge in [-0.2, -0.15) is 5.10 Å². The average molecular weight is 284 g/mol. The second-order valence-electron chi connectivity index (χ2n) is 6.03. The molecule has 3 nitrogen and oxygen atoms in total. The molecule has 2 rings (SSSR count). The minimum absolute atomic E-state index is 0.388. The zero-order valence-corrected chi connectivity index (χ0v) is 13.2. The van der Waals surface area contributed by atoms with Crippen molar-refractivity contribution in [3.63, 3.8) is 0 Å². The lowest BCUT2D eigenvalue weighted by Crippen LogP contribution is -2.35. The van der Waals surface area contributed by atoms with E-state index >= 15 is 0 Å². The molecule has 108 valence electrons. The molecule has 1 aliphatic rings. The van der Waals surface area contributed by atoms with Crippen LogP contribution in [0.2, 0.25) is 5.02 Å². The molecule has 0 amide bonds. The number of rotatable bonds is 6. The molecule has 1 fully saturated rings. The van der Waals surface area contributed by atoms with E-state index in [1.807, 2.05) is 18.7 Å². The van der Waals surface area contributed by atoms with Crippen molar-refractivity contribution in [1.82, 2.24) is 15.1 Å². The standard InChI is InChI=1S/C15H26ClN3/c1-4-9-17-11-15(7-5-6-8-15)10-13-14(16)12(2)18-19(13)3/h17H,4-11H2,1-3H3. The maximum Gasteiger partial charge on any atom is 0.0847 e. The van der Waals surface area contributed by atoms with Gasteiger partial charge in [-0.15, -0.1) is 0 Å². The smallest absolute Gasteiger partial charge is 0.0847 e. The van der Waals surface area contributed by atoms with E-state index in [1.165, 1.54) is 37.8 Å². The molecule has 0 aliphatic heterocycles. The van der Waals surface area contributed by atoms with Crippen LogP contribution in [-0.2, 0) is 13.5 Å². The molecule has 0 unspecified atom stereocenters. The minimum Gasteiger partial charge on any atom is -0.316 e. The number of hydrogen-bond acceptors (Lipinski definition) is 2. The number of hydrogen-bond donors (Lipinski definition) is 1. The highest BCUT2D eigenvalue weighted by Crippen LogP contribution is 2.41. The molecule has 0 atom stereocenters. The Balaban J connectivity index is 2.11. The summed E-state index contributed by atoms with van der Waals surface area (Å²) in [6, 6.07) is 0. The molecular weight excluding hydrogens is 258 g/mol. The fourth-order valence-electron chi connectivity index (χ4n) is 3.30. The summed E-state index contributed by atoms with van der Waals surface area (Å²) in [6.07, 6.45) is 7.57. The number of nitrogens with zero attached hydrogens (tertiary/aromatic N) is 2. The predicted molar refractivity (Wildman–Crippen MR) is 80.7 cm³/mol. The molecule has 1 N–H and O–H groups in total. The van der Waals surface area contributed by atoms with Crippen molar-refractivity contribution in [1.29, 1.82) is 0 Å². The zero-order chi connectivity index (χ0) is 13.9. The van der Waals surface area contributed by atoms with Gasteiger partial charge in [-0.05, 0) is 44.6 Å². The SMILES string of the molecule is CCCNCC1(Cc2c(Cl)c(C)nn2C)CCCC1. The Hall–Kier alpha value is -0.540. The van der Waals surface area contributed by atoms with Crippen LogP contribution in [0.15, 0.2) is 0 Å². The van der Waals surface area contributed by atoms with Gasteiger partial charge in [-0.1, -0.05) is 31.4 Å². The largest absolute Gasteiger partial charge is 0.316 e. The van der Waals surface area contributed by atoms with Gasteiger partial charge in [0.25, 0.3) is 0 Å². The third-order valence-electron chi connectivity index (χ3n) is 4.40. The third-order valence-corrected chi connectivity index (χ3v) is 4.89. The fourth-order valence-corrected chi connectivity index (χ4v) is 3.53. The molecule has 1 aliphatic carbocycles. The molecule has 0 bridgehead atoms. The first-order chi connectivity index (χ1) is 9.08. The highest BCUT2D eigenvalue weighted by atomic mass is 35.5. The Labute approximate surface area is 121 Å². The maximum atomic E-state index is 6.41. The van der Waals surface area contributed by atoms with Gasteiger partial charge >= 0.3 is 0 Å². The molecule has 0 saturated heterocycles. The molecule has 1 saturated carbocycles. The van der Waals surface area contributed by atoms with Gasteiger partial charge in [-0.3, -0.25) is 4.68 Å². The van der Waals surface area contributed by atoms with E-state index in [-0.39, 0.29) is 0 Å². The van der Waals surface area contributed by atoms with Gasteiger partial charge in [0.2, 0.25) is 0 Å². The van der Waals surface area contributed by atoms with Gasteiger partial charge in [-0.25, -0.2) is 0 Å². The summed E-state index contributed by atoms with van der Waals surface area (Å²) in [6.45, 7) is 6.43. The molecule has 4 heteroatoms. The molecule has 19 heavy (non-hydrogen) atoms. The van der Waals surface area contributed by atoms with E-state index in [0.29, 0.717) is 5.41 Å². The van der Waals surface area contributed by atoms with Crippen molar-refractivity contribution < 1.29 is 0 Å². The van der Waals surface area contributed by atoms with Crippen LogP contribution in [0.25, 0.3) is 0 Å². The molecule has 0 radical (unpaired) electrons. The van der Waals surface area contributed by atoms with E-state index in [4.69, 9.17) is 11.6 Å². The molecule has 0 spiro atoms. The van der Waals surface area contributed by atoms with Crippen LogP contribution < -0.4 is 5.32 Å². The first-order valence-corrected chi connectivity index (χ1v) is 7.84. The van der Waals surface area contributed by atoms with Gasteiger partial charge in [0.1, 0.15) is 0 Å². The lowest BCUT2D eigenvalue weighted by Gasteiger charge is -2.29. The Morgan fingerprint density at radius 3 is 2.58 bits per heavy atom. The van der Waals surface area contributed by atoms with Crippen molar-refractivity contribution in [3.8, 4) is 0 Å². The summed E-state index contributed by atoms with van der Waals surface area (Å²) >= 11 is 6.41. The van der Waals surface area contributed by atoms with Gasteiger partial charge in [0.05, 0.1) is 16.4 Å². The zero-order valence-electron chi connectivity index (χ0n) is 12.4. The highest BCUT2D eigenvalue weighted by molar-refractivity contribution is 6.31. The summed E-state index contributed by atoms with van der Waals surface area (Å²) in [7, 11) is 2.01. The Kier molecular flexibility index (Phi) is 4.91. The monoisotopic (exact) mass is 283 g/mol. The summed E-state index contributed by atoms with van der Waals surface area (Å²) in [4.78, 5) is 0. The minimum atomic E-state index is 0.388. The van der Waals surface area contributed by atoms with E-state index in [1.54, 1.807) is 0 Å². The van der Waals surface area contributed by atoms with Crippen LogP contribution in [-0.4, -0.2) is 22.9 Å². The van der Waals surface area contributed by atoms with Crippen molar-refractivity contribution in [3.05, 3.63) is 16.4 Å². The first-order valence-electron chi connectivity index (χ1n) is 7.47. The fraction of sp³-hybridized carbons (Fsp3) is 0.800. The van der Waals surface area contributed by atoms with Gasteiger partial charge in [0.15, 0.2) is 0 Å². The third kappa shape index (κ3) is 3.32. The van der Waals surface area contributed by atoms with E-state index < -0.39 is 0 Å². The Morgan fingerprint density at radius 2 is 2.05 bits per heavy atom. The topological polar surface area (TPSA) is 29.9 Å². The Morgan fingerprint density at radius 1 is 1.37 bits per heavy atom. The van der Waals surface area contributed by atoms with Crippen molar-refractivity contribution in [2.24, 2.45) is 12.5 Å².